The first kappa shape index (κ1) is 20.3. The Bertz CT molecular complexity index is 1140. The molecule has 2 N–H and O–H groups in total. The SMILES string of the molecule is CCOC(=O)c1sc2nc(/C=C/c3ccc(OCC(=O)O)cc3)[nH]c(=O)c2c1C. The second-order valence-electron chi connectivity index (χ2n) is 5.99. The van der Waals surface area contributed by atoms with Crippen LogP contribution in [0.4, 0.5) is 0 Å². The number of thiophene rings is 1. The van der Waals surface area contributed by atoms with Crippen LogP contribution in [0, 0.1) is 6.92 Å². The molecule has 0 atom stereocenters. The van der Waals surface area contributed by atoms with Crippen molar-refractivity contribution in [2.75, 3.05) is 13.2 Å². The van der Waals surface area contributed by atoms with E-state index >= 15 is 0 Å². The number of carboxylic acids is 1. The van der Waals surface area contributed by atoms with Gasteiger partial charge < -0.3 is 19.6 Å². The first-order chi connectivity index (χ1) is 13.9. The Morgan fingerprint density at radius 3 is 2.62 bits per heavy atom. The molecule has 0 aliphatic carbocycles. The van der Waals surface area contributed by atoms with Crippen molar-refractivity contribution in [2.45, 2.75) is 13.8 Å². The van der Waals surface area contributed by atoms with Gasteiger partial charge in [0.05, 0.1) is 12.0 Å². The maximum atomic E-state index is 12.5. The first-order valence-electron chi connectivity index (χ1n) is 8.72. The van der Waals surface area contributed by atoms with Crippen molar-refractivity contribution in [3.63, 3.8) is 0 Å². The van der Waals surface area contributed by atoms with Crippen LogP contribution in [0.15, 0.2) is 29.1 Å². The standard InChI is InChI=1S/C20H18N2O6S/c1-3-27-20(26)17-11(2)16-18(25)21-14(22-19(16)29-17)9-6-12-4-7-13(8-5-12)28-10-15(23)24/h4-9H,3,10H2,1-2H3,(H,23,24)(H,21,22,25)/b9-6+. The molecule has 2 heterocycles. The number of aromatic nitrogens is 2. The van der Waals surface area contributed by atoms with Crippen LogP contribution in [0.25, 0.3) is 22.4 Å². The lowest BCUT2D eigenvalue weighted by molar-refractivity contribution is -0.139. The van der Waals surface area contributed by atoms with Crippen LogP contribution in [0.3, 0.4) is 0 Å². The second-order valence-corrected chi connectivity index (χ2v) is 6.99. The van der Waals surface area contributed by atoms with Crippen LogP contribution in [-0.4, -0.2) is 40.2 Å². The van der Waals surface area contributed by atoms with Crippen molar-refractivity contribution in [3.05, 3.63) is 56.4 Å². The lowest BCUT2D eigenvalue weighted by atomic mass is 10.2. The Kier molecular flexibility index (Phi) is 6.08. The maximum absolute atomic E-state index is 12.5. The number of carboxylic acid groups (broad SMARTS) is 1. The zero-order valence-corrected chi connectivity index (χ0v) is 16.5. The van der Waals surface area contributed by atoms with Crippen LogP contribution >= 0.6 is 11.3 Å². The van der Waals surface area contributed by atoms with Crippen LogP contribution in [0.1, 0.15) is 33.5 Å². The van der Waals surface area contributed by atoms with E-state index in [4.69, 9.17) is 14.6 Å². The fraction of sp³-hybridized carbons (Fsp3) is 0.200. The monoisotopic (exact) mass is 414 g/mol. The average Bonchev–Trinajstić information content (AvgIpc) is 3.03. The average molecular weight is 414 g/mol. The lowest BCUT2D eigenvalue weighted by Crippen LogP contribution is -2.10. The fourth-order valence-electron chi connectivity index (χ4n) is 2.63. The molecule has 0 saturated heterocycles. The van der Waals surface area contributed by atoms with Gasteiger partial charge in [0.1, 0.15) is 21.3 Å². The van der Waals surface area contributed by atoms with Gasteiger partial charge in [-0.3, -0.25) is 4.79 Å². The van der Waals surface area contributed by atoms with E-state index in [2.05, 4.69) is 9.97 Å². The Hall–Kier alpha value is -3.46. The number of benzene rings is 1. The predicted molar refractivity (Wildman–Crippen MR) is 109 cm³/mol. The number of nitrogens with one attached hydrogen (secondary N) is 1. The summed E-state index contributed by atoms with van der Waals surface area (Å²) in [4.78, 5) is 43.0. The molecule has 2 aromatic heterocycles. The Morgan fingerprint density at radius 2 is 1.97 bits per heavy atom. The summed E-state index contributed by atoms with van der Waals surface area (Å²) >= 11 is 1.13. The van der Waals surface area contributed by atoms with Gasteiger partial charge in [-0.1, -0.05) is 18.2 Å². The minimum Gasteiger partial charge on any atom is -0.482 e. The van der Waals surface area contributed by atoms with Crippen molar-refractivity contribution in [2.24, 2.45) is 0 Å². The van der Waals surface area contributed by atoms with Gasteiger partial charge in [-0.15, -0.1) is 11.3 Å². The normalized spacial score (nSPS) is 11.1. The molecule has 0 bridgehead atoms. The molecule has 0 saturated carbocycles. The summed E-state index contributed by atoms with van der Waals surface area (Å²) in [6, 6.07) is 6.80. The van der Waals surface area contributed by atoms with Crippen molar-refractivity contribution in [1.29, 1.82) is 0 Å². The quantitative estimate of drug-likeness (QED) is 0.570. The molecule has 0 aliphatic heterocycles. The van der Waals surface area contributed by atoms with Gasteiger partial charge in [0.25, 0.3) is 5.56 Å². The van der Waals surface area contributed by atoms with Gasteiger partial charge in [-0.2, -0.15) is 0 Å². The van der Waals surface area contributed by atoms with Gasteiger partial charge in [0, 0.05) is 0 Å². The van der Waals surface area contributed by atoms with Crippen LogP contribution in [0.5, 0.6) is 5.75 Å². The van der Waals surface area contributed by atoms with Gasteiger partial charge in [0.2, 0.25) is 0 Å². The van der Waals surface area contributed by atoms with E-state index in [-0.39, 0.29) is 12.2 Å². The fourth-order valence-corrected chi connectivity index (χ4v) is 3.71. The number of carbonyl (C=O) groups excluding carboxylic acids is 1. The van der Waals surface area contributed by atoms with Crippen molar-refractivity contribution in [1.82, 2.24) is 9.97 Å². The van der Waals surface area contributed by atoms with Gasteiger partial charge >= 0.3 is 11.9 Å². The molecule has 3 rings (SSSR count). The number of rotatable bonds is 7. The number of fused-ring (bicyclic) bond motifs is 1. The summed E-state index contributed by atoms with van der Waals surface area (Å²) in [6.07, 6.45) is 3.39. The molecule has 0 unspecified atom stereocenters. The van der Waals surface area contributed by atoms with E-state index in [1.807, 2.05) is 0 Å². The van der Waals surface area contributed by atoms with E-state index in [1.165, 1.54) is 0 Å². The zero-order chi connectivity index (χ0) is 21.0. The Balaban J connectivity index is 1.84. The largest absolute Gasteiger partial charge is 0.482 e. The maximum Gasteiger partial charge on any atom is 0.348 e. The van der Waals surface area contributed by atoms with Gasteiger partial charge in [-0.05, 0) is 43.2 Å². The van der Waals surface area contributed by atoms with Gasteiger partial charge in [0.15, 0.2) is 6.61 Å². The highest BCUT2D eigenvalue weighted by molar-refractivity contribution is 7.20. The molecular formula is C20H18N2O6S. The summed E-state index contributed by atoms with van der Waals surface area (Å²) in [5.41, 5.74) is 1.05. The molecule has 3 aromatic rings. The lowest BCUT2D eigenvalue weighted by Gasteiger charge is -2.02. The topological polar surface area (TPSA) is 119 Å². The molecule has 0 spiro atoms. The molecule has 1 aromatic carbocycles. The highest BCUT2D eigenvalue weighted by atomic mass is 32.1. The number of aromatic amines is 1. The summed E-state index contributed by atoms with van der Waals surface area (Å²) in [6.45, 7) is 3.27. The molecule has 0 fully saturated rings. The summed E-state index contributed by atoms with van der Waals surface area (Å²) in [5.74, 6) is -0.715. The van der Waals surface area contributed by atoms with Gasteiger partial charge in [-0.25, -0.2) is 14.6 Å². The highest BCUT2D eigenvalue weighted by Crippen LogP contribution is 2.27. The number of aliphatic carboxylic acids is 1. The molecule has 9 heteroatoms. The zero-order valence-electron chi connectivity index (χ0n) is 15.7. The van der Waals surface area contributed by atoms with E-state index < -0.39 is 18.5 Å². The molecular weight excluding hydrogens is 396 g/mol. The van der Waals surface area contributed by atoms with E-state index in [1.54, 1.807) is 50.3 Å². The Morgan fingerprint density at radius 1 is 1.24 bits per heavy atom. The number of aryl methyl sites for hydroxylation is 1. The second kappa shape index (κ2) is 8.70. The first-order valence-corrected chi connectivity index (χ1v) is 9.54. The summed E-state index contributed by atoms with van der Waals surface area (Å²) < 4.78 is 10.1. The third-order valence-electron chi connectivity index (χ3n) is 3.96. The van der Waals surface area contributed by atoms with E-state index in [0.717, 1.165) is 16.9 Å². The molecule has 0 aliphatic rings. The number of H-pyrrole nitrogens is 1. The summed E-state index contributed by atoms with van der Waals surface area (Å²) in [5, 5.41) is 9.00. The summed E-state index contributed by atoms with van der Waals surface area (Å²) in [7, 11) is 0. The number of carbonyl (C=O) groups is 2. The van der Waals surface area contributed by atoms with Crippen molar-refractivity contribution >= 4 is 45.6 Å². The van der Waals surface area contributed by atoms with E-state index in [9.17, 15) is 14.4 Å². The predicted octanol–water partition coefficient (Wildman–Crippen LogP) is 3.10. The number of hydrogen-bond donors (Lipinski definition) is 2. The number of ether oxygens (including phenoxy) is 2. The number of hydrogen-bond acceptors (Lipinski definition) is 7. The number of nitrogens with zero attached hydrogens (tertiary/aromatic N) is 1. The minimum atomic E-state index is -1.05. The number of esters is 1. The third kappa shape index (κ3) is 4.69. The molecule has 150 valence electrons. The molecule has 0 amide bonds. The Labute approximate surface area is 169 Å². The van der Waals surface area contributed by atoms with Crippen molar-refractivity contribution < 1.29 is 24.2 Å². The van der Waals surface area contributed by atoms with Crippen LogP contribution in [0.2, 0.25) is 0 Å². The van der Waals surface area contributed by atoms with Crippen LogP contribution in [-0.2, 0) is 9.53 Å². The molecule has 8 nitrogen and oxygen atoms in total. The molecule has 0 radical (unpaired) electrons. The highest BCUT2D eigenvalue weighted by Gasteiger charge is 2.19. The minimum absolute atomic E-state index is 0.254. The van der Waals surface area contributed by atoms with Crippen LogP contribution < -0.4 is 10.3 Å². The smallest absolute Gasteiger partial charge is 0.348 e. The third-order valence-corrected chi connectivity index (χ3v) is 5.12. The molecule has 29 heavy (non-hydrogen) atoms. The van der Waals surface area contributed by atoms with Crippen molar-refractivity contribution in [3.8, 4) is 5.75 Å². The van der Waals surface area contributed by atoms with E-state index in [0.29, 0.717) is 32.2 Å².